The fourth-order valence-corrected chi connectivity index (χ4v) is 3.04. The molecule has 2 heterocycles. The van der Waals surface area contributed by atoms with Crippen molar-refractivity contribution in [3.05, 3.63) is 41.2 Å². The van der Waals surface area contributed by atoms with Crippen molar-refractivity contribution in [2.45, 2.75) is 19.0 Å². The molecule has 0 amide bonds. The molecule has 3 rings (SSSR count). The van der Waals surface area contributed by atoms with Gasteiger partial charge in [0.25, 0.3) is 0 Å². The van der Waals surface area contributed by atoms with Crippen LogP contribution in [0.3, 0.4) is 0 Å². The summed E-state index contributed by atoms with van der Waals surface area (Å²) in [7, 11) is 0. The van der Waals surface area contributed by atoms with E-state index in [1.54, 1.807) is 48.9 Å². The molecule has 1 aromatic carbocycles. The summed E-state index contributed by atoms with van der Waals surface area (Å²) in [5.74, 6) is 0.891. The average Bonchev–Trinajstić information content (AvgIpc) is 2.95. The van der Waals surface area contributed by atoms with Crippen LogP contribution in [0.15, 0.2) is 40.1 Å². The summed E-state index contributed by atoms with van der Waals surface area (Å²) in [5.41, 5.74) is 1.76. The van der Waals surface area contributed by atoms with Crippen molar-refractivity contribution in [3.8, 4) is 5.75 Å². The lowest BCUT2D eigenvalue weighted by atomic mass is 10.1. The second-order valence-electron chi connectivity index (χ2n) is 5.05. The largest absolute Gasteiger partial charge is 0.508 e. The molecule has 1 N–H and O–H groups in total. The van der Waals surface area contributed by atoms with Gasteiger partial charge in [-0.15, -0.1) is 10.2 Å². The van der Waals surface area contributed by atoms with Crippen molar-refractivity contribution in [3.63, 3.8) is 0 Å². The minimum Gasteiger partial charge on any atom is -0.508 e. The number of hydrogen-bond donors (Lipinski definition) is 1. The third-order valence-corrected chi connectivity index (χ3v) is 4.27. The number of phenolic OH excluding ortho intramolecular Hbond substituents is 1. The zero-order valence-corrected chi connectivity index (χ0v) is 14.1. The fourth-order valence-electron chi connectivity index (χ4n) is 2.16. The third-order valence-electron chi connectivity index (χ3n) is 3.34. The number of fused-ring (bicyclic) bond motifs is 1. The Bertz CT molecular complexity index is 824. The molecule has 124 valence electrons. The Kier molecular flexibility index (Phi) is 4.66. The molecule has 0 bridgehead atoms. The molecule has 0 atom stereocenters. The number of ether oxygens (including phenoxy) is 1. The number of hydrogen-bond acceptors (Lipinski definition) is 7. The van der Waals surface area contributed by atoms with E-state index >= 15 is 0 Å². The summed E-state index contributed by atoms with van der Waals surface area (Å²) in [6.07, 6.45) is 1.71. The highest BCUT2D eigenvalue weighted by Gasteiger charge is 2.24. The number of aromatic nitrogens is 3. The van der Waals surface area contributed by atoms with Gasteiger partial charge >= 0.3 is 5.97 Å². The van der Waals surface area contributed by atoms with Crippen LogP contribution in [0.2, 0.25) is 0 Å². The lowest BCUT2D eigenvalue weighted by Crippen LogP contribution is -2.21. The fraction of sp³-hybridized carbons (Fsp3) is 0.250. The monoisotopic (exact) mass is 344 g/mol. The second-order valence-corrected chi connectivity index (χ2v) is 5.99. The first-order valence-electron chi connectivity index (χ1n) is 7.39. The first-order valence-corrected chi connectivity index (χ1v) is 8.38. The number of esters is 1. The molecule has 1 aromatic heterocycles. The number of aryl methyl sites for hydroxylation is 1. The van der Waals surface area contributed by atoms with Crippen LogP contribution in [-0.2, 0) is 9.53 Å². The molecule has 0 saturated carbocycles. The van der Waals surface area contributed by atoms with Crippen LogP contribution < -0.4 is 0 Å². The van der Waals surface area contributed by atoms with Gasteiger partial charge in [0.05, 0.1) is 17.9 Å². The molecular formula is C16H16N4O3S. The van der Waals surface area contributed by atoms with Crippen LogP contribution in [0.4, 0.5) is 0 Å². The zero-order valence-electron chi connectivity index (χ0n) is 13.3. The molecule has 0 aliphatic carbocycles. The van der Waals surface area contributed by atoms with Crippen molar-refractivity contribution < 1.29 is 14.6 Å². The summed E-state index contributed by atoms with van der Waals surface area (Å²) in [6, 6.07) is 6.57. The second kappa shape index (κ2) is 6.88. The van der Waals surface area contributed by atoms with Crippen molar-refractivity contribution in [2.24, 2.45) is 5.10 Å². The van der Waals surface area contributed by atoms with Crippen LogP contribution in [0, 0.1) is 6.92 Å². The van der Waals surface area contributed by atoms with E-state index in [0.29, 0.717) is 28.0 Å². The first-order chi connectivity index (χ1) is 11.6. The number of thioether (sulfide) groups is 1. The Morgan fingerprint density at radius 2 is 2.12 bits per heavy atom. The maximum atomic E-state index is 12.4. The van der Waals surface area contributed by atoms with E-state index < -0.39 is 5.97 Å². The molecule has 7 nitrogen and oxygen atoms in total. The number of aromatic hydroxyl groups is 1. The Morgan fingerprint density at radius 1 is 1.38 bits per heavy atom. The van der Waals surface area contributed by atoms with E-state index in [1.807, 2.05) is 0 Å². The molecule has 0 fully saturated rings. The van der Waals surface area contributed by atoms with Gasteiger partial charge in [-0.2, -0.15) is 9.78 Å². The van der Waals surface area contributed by atoms with E-state index in [1.165, 1.54) is 11.8 Å². The molecule has 0 saturated heterocycles. The van der Waals surface area contributed by atoms with Gasteiger partial charge in [0.2, 0.25) is 5.16 Å². The van der Waals surface area contributed by atoms with Gasteiger partial charge < -0.3 is 9.84 Å². The highest BCUT2D eigenvalue weighted by atomic mass is 32.2. The van der Waals surface area contributed by atoms with Crippen LogP contribution in [0.5, 0.6) is 5.75 Å². The number of rotatable bonds is 4. The zero-order chi connectivity index (χ0) is 17.1. The quantitative estimate of drug-likeness (QED) is 0.676. The Labute approximate surface area is 143 Å². The van der Waals surface area contributed by atoms with Gasteiger partial charge in [-0.25, -0.2) is 4.79 Å². The predicted octanol–water partition coefficient (Wildman–Crippen LogP) is 2.25. The standard InChI is InChI=1S/C16H16N4O3S/c1-3-23-15(22)13(8-11-4-6-12(21)7-5-11)14-9-24-16-18-17-10(2)20(16)19-14/h4-8,21H,3,9H2,1-2H3/b13-8-. The number of nitrogens with zero attached hydrogens (tertiary/aromatic N) is 4. The lowest BCUT2D eigenvalue weighted by molar-refractivity contribution is -0.137. The molecule has 2 aromatic rings. The van der Waals surface area contributed by atoms with E-state index in [4.69, 9.17) is 4.74 Å². The van der Waals surface area contributed by atoms with Crippen molar-refractivity contribution in [1.82, 2.24) is 14.9 Å². The maximum absolute atomic E-state index is 12.4. The number of phenols is 1. The predicted molar refractivity (Wildman–Crippen MR) is 91.0 cm³/mol. The van der Waals surface area contributed by atoms with Crippen LogP contribution in [-0.4, -0.2) is 44.0 Å². The van der Waals surface area contributed by atoms with Gasteiger partial charge in [0.15, 0.2) is 5.82 Å². The first kappa shape index (κ1) is 16.3. The van der Waals surface area contributed by atoms with Crippen LogP contribution >= 0.6 is 11.8 Å². The minimum absolute atomic E-state index is 0.167. The van der Waals surface area contributed by atoms with E-state index in [-0.39, 0.29) is 12.4 Å². The van der Waals surface area contributed by atoms with Crippen molar-refractivity contribution in [1.29, 1.82) is 0 Å². The normalized spacial score (nSPS) is 14.1. The maximum Gasteiger partial charge on any atom is 0.340 e. The molecule has 0 spiro atoms. The van der Waals surface area contributed by atoms with Crippen molar-refractivity contribution in [2.75, 3.05) is 12.4 Å². The summed E-state index contributed by atoms with van der Waals surface area (Å²) in [4.78, 5) is 12.4. The van der Waals surface area contributed by atoms with Gasteiger partial charge in [0, 0.05) is 5.75 Å². The van der Waals surface area contributed by atoms with Crippen molar-refractivity contribution >= 4 is 29.5 Å². The summed E-state index contributed by atoms with van der Waals surface area (Å²) >= 11 is 1.46. The molecule has 8 heteroatoms. The molecular weight excluding hydrogens is 328 g/mol. The van der Waals surface area contributed by atoms with E-state index in [2.05, 4.69) is 15.3 Å². The number of benzene rings is 1. The summed E-state index contributed by atoms with van der Waals surface area (Å²) in [5, 5.41) is 22.6. The Hall–Kier alpha value is -2.61. The molecule has 0 radical (unpaired) electrons. The minimum atomic E-state index is -0.431. The topological polar surface area (TPSA) is 89.6 Å². The highest BCUT2D eigenvalue weighted by molar-refractivity contribution is 7.99. The van der Waals surface area contributed by atoms with E-state index in [9.17, 15) is 9.90 Å². The van der Waals surface area contributed by atoms with Gasteiger partial charge in [-0.3, -0.25) is 0 Å². The lowest BCUT2D eigenvalue weighted by Gasteiger charge is -2.15. The molecule has 1 aliphatic rings. The molecule has 0 unspecified atom stereocenters. The van der Waals surface area contributed by atoms with Gasteiger partial charge in [-0.05, 0) is 37.6 Å². The molecule has 24 heavy (non-hydrogen) atoms. The average molecular weight is 344 g/mol. The summed E-state index contributed by atoms with van der Waals surface area (Å²) < 4.78 is 6.78. The summed E-state index contributed by atoms with van der Waals surface area (Å²) in [6.45, 7) is 3.84. The number of carbonyl (C=O) groups is 1. The van der Waals surface area contributed by atoms with E-state index in [0.717, 1.165) is 5.56 Å². The number of carbonyl (C=O) groups excluding carboxylic acids is 1. The highest BCUT2D eigenvalue weighted by Crippen LogP contribution is 2.25. The van der Waals surface area contributed by atoms with Gasteiger partial charge in [-0.1, -0.05) is 23.9 Å². The SMILES string of the molecule is CCOC(=O)/C(=C\c1ccc(O)cc1)C1=Nn2c(C)nnc2SC1. The third kappa shape index (κ3) is 3.33. The Morgan fingerprint density at radius 3 is 2.83 bits per heavy atom. The van der Waals surface area contributed by atoms with Crippen LogP contribution in [0.1, 0.15) is 18.3 Å². The molecule has 1 aliphatic heterocycles. The van der Waals surface area contributed by atoms with Crippen LogP contribution in [0.25, 0.3) is 6.08 Å². The van der Waals surface area contributed by atoms with Gasteiger partial charge in [0.1, 0.15) is 5.75 Å². The smallest absolute Gasteiger partial charge is 0.340 e. The Balaban J connectivity index is 2.02.